The summed E-state index contributed by atoms with van der Waals surface area (Å²) in [6.45, 7) is 5.11. The van der Waals surface area contributed by atoms with E-state index in [-0.39, 0.29) is 11.4 Å². The van der Waals surface area contributed by atoms with E-state index in [9.17, 15) is 8.42 Å². The number of aryl methyl sites for hydroxylation is 2. The molecule has 2 rings (SSSR count). The molecule has 0 amide bonds. The zero-order chi connectivity index (χ0) is 13.5. The highest BCUT2D eigenvalue weighted by Crippen LogP contribution is 2.23. The van der Waals surface area contributed by atoms with Crippen molar-refractivity contribution in [3.8, 4) is 0 Å². The molecule has 0 fully saturated rings. The Labute approximate surface area is 108 Å². The summed E-state index contributed by atoms with van der Waals surface area (Å²) in [6, 6.07) is 0. The smallest absolute Gasteiger partial charge is 0.264 e. The third kappa shape index (κ3) is 2.39. The molecular formula is C9H11ClN4O3S. The van der Waals surface area contributed by atoms with Crippen LogP contribution >= 0.6 is 10.7 Å². The van der Waals surface area contributed by atoms with Gasteiger partial charge in [0.2, 0.25) is 5.89 Å². The van der Waals surface area contributed by atoms with E-state index >= 15 is 0 Å². The summed E-state index contributed by atoms with van der Waals surface area (Å²) in [7, 11) is 1.55. The van der Waals surface area contributed by atoms with Crippen LogP contribution in [0.25, 0.3) is 0 Å². The number of rotatable bonds is 3. The summed E-state index contributed by atoms with van der Waals surface area (Å²) in [5.41, 5.74) is 0.789. The van der Waals surface area contributed by atoms with E-state index in [1.165, 1.54) is 4.68 Å². The summed E-state index contributed by atoms with van der Waals surface area (Å²) in [5.74, 6) is 0.869. The molecule has 0 radical (unpaired) electrons. The Kier molecular flexibility index (Phi) is 3.16. The second-order valence-electron chi connectivity index (χ2n) is 3.83. The van der Waals surface area contributed by atoms with Crippen molar-refractivity contribution in [1.82, 2.24) is 19.9 Å². The predicted octanol–water partition coefficient (Wildman–Crippen LogP) is 1.17. The summed E-state index contributed by atoms with van der Waals surface area (Å²) in [4.78, 5) is 4.06. The fourth-order valence-corrected chi connectivity index (χ4v) is 3.24. The minimum absolute atomic E-state index is 0.0282. The Bertz CT molecular complexity index is 689. The molecule has 0 aliphatic carbocycles. The van der Waals surface area contributed by atoms with Crippen molar-refractivity contribution in [2.24, 2.45) is 0 Å². The minimum atomic E-state index is -3.81. The summed E-state index contributed by atoms with van der Waals surface area (Å²) < 4.78 is 29.2. The molecule has 2 aromatic rings. The predicted molar refractivity (Wildman–Crippen MR) is 62.9 cm³/mol. The number of hydrogen-bond acceptors (Lipinski definition) is 6. The minimum Gasteiger partial charge on any atom is -0.337 e. The molecule has 0 spiro atoms. The van der Waals surface area contributed by atoms with E-state index in [1.54, 1.807) is 20.8 Å². The number of nitrogens with zero attached hydrogens (tertiary/aromatic N) is 4. The van der Waals surface area contributed by atoms with E-state index in [0.717, 1.165) is 0 Å². The molecule has 0 aromatic carbocycles. The Hall–Kier alpha value is -1.41. The second-order valence-corrected chi connectivity index (χ2v) is 6.33. The molecule has 0 bridgehead atoms. The maximum absolute atomic E-state index is 11.4. The van der Waals surface area contributed by atoms with Crippen LogP contribution in [-0.4, -0.2) is 28.3 Å². The third-order valence-electron chi connectivity index (χ3n) is 2.41. The molecule has 98 valence electrons. The van der Waals surface area contributed by atoms with Gasteiger partial charge in [-0.1, -0.05) is 5.16 Å². The molecule has 7 nitrogen and oxygen atoms in total. The highest BCUT2D eigenvalue weighted by Gasteiger charge is 2.23. The Morgan fingerprint density at radius 1 is 1.33 bits per heavy atom. The van der Waals surface area contributed by atoms with Gasteiger partial charge in [0, 0.05) is 10.7 Å². The summed E-state index contributed by atoms with van der Waals surface area (Å²) in [6.07, 6.45) is 0. The molecular weight excluding hydrogens is 280 g/mol. The zero-order valence-corrected chi connectivity index (χ0v) is 11.6. The van der Waals surface area contributed by atoms with Gasteiger partial charge in [-0.2, -0.15) is 10.1 Å². The van der Waals surface area contributed by atoms with Crippen molar-refractivity contribution in [2.45, 2.75) is 32.2 Å². The van der Waals surface area contributed by atoms with Gasteiger partial charge in [0.1, 0.15) is 11.4 Å². The van der Waals surface area contributed by atoms with Gasteiger partial charge in [-0.15, -0.1) is 0 Å². The first kappa shape index (κ1) is 13.0. The fourth-order valence-electron chi connectivity index (χ4n) is 1.72. The van der Waals surface area contributed by atoms with Gasteiger partial charge in [0.15, 0.2) is 5.82 Å². The number of halogens is 1. The Balaban J connectivity index is 2.42. The maximum atomic E-state index is 11.4. The lowest BCUT2D eigenvalue weighted by molar-refractivity contribution is 0.361. The topological polar surface area (TPSA) is 90.9 Å². The Morgan fingerprint density at radius 2 is 2.00 bits per heavy atom. The number of aromatic nitrogens is 4. The van der Waals surface area contributed by atoms with Crippen LogP contribution in [0.1, 0.15) is 23.1 Å². The molecule has 0 N–H and O–H groups in total. The maximum Gasteiger partial charge on any atom is 0.264 e. The quantitative estimate of drug-likeness (QED) is 0.788. The van der Waals surface area contributed by atoms with E-state index < -0.39 is 9.05 Å². The summed E-state index contributed by atoms with van der Waals surface area (Å²) in [5, 5.41) is 7.76. The zero-order valence-electron chi connectivity index (χ0n) is 10.0. The van der Waals surface area contributed by atoms with Gasteiger partial charge in [-0.05, 0) is 20.8 Å². The van der Waals surface area contributed by atoms with Crippen LogP contribution in [0.2, 0.25) is 0 Å². The largest absolute Gasteiger partial charge is 0.337 e. The van der Waals surface area contributed by atoms with Crippen LogP contribution in [-0.2, 0) is 15.6 Å². The average molecular weight is 291 g/mol. The molecule has 0 aliphatic heterocycles. The van der Waals surface area contributed by atoms with E-state index in [0.29, 0.717) is 23.1 Å². The molecule has 0 unspecified atom stereocenters. The SMILES string of the molecule is Cc1noc(Cn2nc(C)c(S(=O)(=O)Cl)c2C)n1. The van der Waals surface area contributed by atoms with Gasteiger partial charge in [0.05, 0.1) is 11.4 Å². The highest BCUT2D eigenvalue weighted by molar-refractivity contribution is 8.13. The van der Waals surface area contributed by atoms with Crippen LogP contribution in [0.15, 0.2) is 9.42 Å². The molecule has 0 saturated heterocycles. The molecule has 2 aromatic heterocycles. The van der Waals surface area contributed by atoms with Gasteiger partial charge in [0.25, 0.3) is 9.05 Å². The molecule has 0 atom stereocenters. The van der Waals surface area contributed by atoms with Crippen LogP contribution in [0, 0.1) is 20.8 Å². The second kappa shape index (κ2) is 4.36. The normalized spacial score (nSPS) is 12.0. The molecule has 0 aliphatic rings. The van der Waals surface area contributed by atoms with Crippen molar-refractivity contribution in [1.29, 1.82) is 0 Å². The van der Waals surface area contributed by atoms with Crippen LogP contribution in [0.3, 0.4) is 0 Å². The first-order chi connectivity index (χ1) is 8.29. The van der Waals surface area contributed by atoms with Gasteiger partial charge < -0.3 is 4.52 Å². The lowest BCUT2D eigenvalue weighted by atomic mass is 10.4. The van der Waals surface area contributed by atoms with Crippen molar-refractivity contribution < 1.29 is 12.9 Å². The molecule has 9 heteroatoms. The monoisotopic (exact) mass is 290 g/mol. The molecule has 0 saturated carbocycles. The van der Waals surface area contributed by atoms with Gasteiger partial charge >= 0.3 is 0 Å². The third-order valence-corrected chi connectivity index (χ3v) is 3.95. The summed E-state index contributed by atoms with van der Waals surface area (Å²) >= 11 is 0. The van der Waals surface area contributed by atoms with Crippen molar-refractivity contribution >= 4 is 19.7 Å². The van der Waals surface area contributed by atoms with E-state index in [4.69, 9.17) is 15.2 Å². The van der Waals surface area contributed by atoms with Crippen molar-refractivity contribution in [3.05, 3.63) is 23.1 Å². The van der Waals surface area contributed by atoms with Gasteiger partial charge in [-0.3, -0.25) is 4.68 Å². The molecule has 18 heavy (non-hydrogen) atoms. The van der Waals surface area contributed by atoms with Crippen molar-refractivity contribution in [2.75, 3.05) is 0 Å². The van der Waals surface area contributed by atoms with Crippen molar-refractivity contribution in [3.63, 3.8) is 0 Å². The fraction of sp³-hybridized carbons (Fsp3) is 0.444. The van der Waals surface area contributed by atoms with Gasteiger partial charge in [-0.25, -0.2) is 8.42 Å². The number of hydrogen-bond donors (Lipinski definition) is 0. The molecule has 2 heterocycles. The van der Waals surface area contributed by atoms with E-state index in [1.807, 2.05) is 0 Å². The Morgan fingerprint density at radius 3 is 2.44 bits per heavy atom. The van der Waals surface area contributed by atoms with E-state index in [2.05, 4.69) is 15.2 Å². The van der Waals surface area contributed by atoms with Crippen LogP contribution < -0.4 is 0 Å². The lowest BCUT2D eigenvalue weighted by Gasteiger charge is -2.00. The average Bonchev–Trinajstić information content (AvgIpc) is 2.71. The standard InChI is InChI=1S/C9H11ClN4O3S/c1-5-9(18(10,15)16)6(2)14(12-5)4-8-11-7(3)13-17-8/h4H2,1-3H3. The van der Waals surface area contributed by atoms with Crippen LogP contribution in [0.5, 0.6) is 0 Å². The lowest BCUT2D eigenvalue weighted by Crippen LogP contribution is -2.05. The highest BCUT2D eigenvalue weighted by atomic mass is 35.7. The first-order valence-electron chi connectivity index (χ1n) is 5.07. The van der Waals surface area contributed by atoms with Crippen LogP contribution in [0.4, 0.5) is 0 Å². The first-order valence-corrected chi connectivity index (χ1v) is 7.38.